The van der Waals surface area contributed by atoms with Crippen molar-refractivity contribution in [3.63, 3.8) is 0 Å². The summed E-state index contributed by atoms with van der Waals surface area (Å²) in [6.07, 6.45) is 8.75. The van der Waals surface area contributed by atoms with Crippen molar-refractivity contribution >= 4 is 6.21 Å². The van der Waals surface area contributed by atoms with Crippen LogP contribution in [0.2, 0.25) is 0 Å². The van der Waals surface area contributed by atoms with Gasteiger partial charge in [-0.3, -0.25) is 0 Å². The Labute approximate surface area is 72.0 Å². The highest BCUT2D eigenvalue weighted by Crippen LogP contribution is 2.34. The van der Waals surface area contributed by atoms with Crippen molar-refractivity contribution in [2.75, 3.05) is 0 Å². The van der Waals surface area contributed by atoms with Crippen molar-refractivity contribution in [1.82, 2.24) is 0 Å². The molecule has 0 fully saturated rings. The largest absolute Gasteiger partial charge is 0.398 e. The molecule has 0 aromatic rings. The molecule has 0 saturated heterocycles. The third-order valence-corrected chi connectivity index (χ3v) is 2.49. The SMILES string of the molecule is N=CC1=C(N)C2=C(CCC=C2)C1. The first-order chi connectivity index (χ1) is 5.83. The average Bonchev–Trinajstić information content (AvgIpc) is 2.44. The van der Waals surface area contributed by atoms with Gasteiger partial charge in [0.25, 0.3) is 0 Å². The van der Waals surface area contributed by atoms with Crippen LogP contribution >= 0.6 is 0 Å². The Morgan fingerprint density at radius 2 is 2.33 bits per heavy atom. The van der Waals surface area contributed by atoms with Gasteiger partial charge in [-0.2, -0.15) is 0 Å². The molecule has 0 aromatic carbocycles. The molecule has 0 aromatic heterocycles. The van der Waals surface area contributed by atoms with E-state index in [0.717, 1.165) is 30.5 Å². The molecule has 0 bridgehead atoms. The topological polar surface area (TPSA) is 49.9 Å². The van der Waals surface area contributed by atoms with Gasteiger partial charge in [0.15, 0.2) is 0 Å². The molecule has 0 heterocycles. The van der Waals surface area contributed by atoms with E-state index >= 15 is 0 Å². The summed E-state index contributed by atoms with van der Waals surface area (Å²) in [5.41, 5.74) is 10.2. The minimum Gasteiger partial charge on any atom is -0.398 e. The highest BCUT2D eigenvalue weighted by molar-refractivity contribution is 5.82. The Kier molecular flexibility index (Phi) is 1.61. The summed E-state index contributed by atoms with van der Waals surface area (Å²) in [6, 6.07) is 0. The van der Waals surface area contributed by atoms with E-state index in [1.807, 2.05) is 0 Å². The van der Waals surface area contributed by atoms with Gasteiger partial charge in [0.1, 0.15) is 0 Å². The molecule has 2 aliphatic carbocycles. The molecule has 0 spiro atoms. The molecule has 0 atom stereocenters. The fourth-order valence-corrected chi connectivity index (χ4v) is 1.80. The number of rotatable bonds is 1. The van der Waals surface area contributed by atoms with Gasteiger partial charge in [0.2, 0.25) is 0 Å². The van der Waals surface area contributed by atoms with Gasteiger partial charge in [0, 0.05) is 11.9 Å². The van der Waals surface area contributed by atoms with Gasteiger partial charge < -0.3 is 11.1 Å². The number of allylic oxidation sites excluding steroid dienone is 4. The minimum atomic E-state index is 0.816. The fourth-order valence-electron chi connectivity index (χ4n) is 1.80. The Hall–Kier alpha value is -1.31. The van der Waals surface area contributed by atoms with Gasteiger partial charge in [-0.25, -0.2) is 0 Å². The highest BCUT2D eigenvalue weighted by atomic mass is 14.6. The molecule has 12 heavy (non-hydrogen) atoms. The lowest BCUT2D eigenvalue weighted by molar-refractivity contribution is 0.921. The van der Waals surface area contributed by atoms with Crippen LogP contribution in [0.1, 0.15) is 19.3 Å². The van der Waals surface area contributed by atoms with Crippen LogP contribution in [-0.2, 0) is 0 Å². The molecule has 0 aliphatic heterocycles. The smallest absolute Gasteiger partial charge is 0.0438 e. The van der Waals surface area contributed by atoms with E-state index in [4.69, 9.17) is 11.1 Å². The normalized spacial score (nSPS) is 21.7. The van der Waals surface area contributed by atoms with Crippen LogP contribution in [0.4, 0.5) is 0 Å². The number of hydrogen-bond donors (Lipinski definition) is 2. The van der Waals surface area contributed by atoms with Gasteiger partial charge in [0.05, 0.1) is 0 Å². The number of hydrogen-bond acceptors (Lipinski definition) is 2. The lowest BCUT2D eigenvalue weighted by atomic mass is 9.99. The van der Waals surface area contributed by atoms with E-state index in [0.29, 0.717) is 0 Å². The predicted octanol–water partition coefficient (Wildman–Crippen LogP) is 1.90. The molecule has 0 unspecified atom stereocenters. The number of nitrogens with one attached hydrogen (secondary N) is 1. The molecular formula is C10H12N2. The molecule has 3 N–H and O–H groups in total. The van der Waals surface area contributed by atoms with Crippen LogP contribution in [0.15, 0.2) is 34.6 Å². The standard InChI is InChI=1S/C10H12N2/c11-6-8-5-7-3-1-2-4-9(7)10(8)12/h2,4,6,11H,1,3,5,12H2. The second kappa shape index (κ2) is 2.63. The van der Waals surface area contributed by atoms with E-state index in [1.54, 1.807) is 0 Å². The molecule has 0 amide bonds. The first kappa shape index (κ1) is 7.35. The Balaban J connectivity index is 2.39. The van der Waals surface area contributed by atoms with E-state index in [2.05, 4.69) is 12.2 Å². The average molecular weight is 160 g/mol. The summed E-state index contributed by atoms with van der Waals surface area (Å²) in [7, 11) is 0. The summed E-state index contributed by atoms with van der Waals surface area (Å²) in [6.45, 7) is 0. The Morgan fingerprint density at radius 3 is 3.00 bits per heavy atom. The van der Waals surface area contributed by atoms with E-state index in [9.17, 15) is 0 Å². The first-order valence-corrected chi connectivity index (χ1v) is 4.21. The molecule has 0 saturated carbocycles. The van der Waals surface area contributed by atoms with E-state index < -0.39 is 0 Å². The van der Waals surface area contributed by atoms with Crippen LogP contribution in [0.25, 0.3) is 0 Å². The molecule has 2 heteroatoms. The maximum atomic E-state index is 7.17. The van der Waals surface area contributed by atoms with Crippen LogP contribution in [0.3, 0.4) is 0 Å². The van der Waals surface area contributed by atoms with Crippen LogP contribution in [-0.4, -0.2) is 6.21 Å². The van der Waals surface area contributed by atoms with Crippen molar-refractivity contribution in [3.05, 3.63) is 34.6 Å². The van der Waals surface area contributed by atoms with Crippen molar-refractivity contribution < 1.29 is 0 Å². The zero-order chi connectivity index (χ0) is 8.55. The van der Waals surface area contributed by atoms with Gasteiger partial charge in [-0.1, -0.05) is 17.7 Å². The quantitative estimate of drug-likeness (QED) is 0.565. The molecule has 2 nitrogen and oxygen atoms in total. The summed E-state index contributed by atoms with van der Waals surface area (Å²) < 4.78 is 0. The summed E-state index contributed by atoms with van der Waals surface area (Å²) >= 11 is 0. The van der Waals surface area contributed by atoms with Gasteiger partial charge in [-0.05, 0) is 30.4 Å². The fraction of sp³-hybridized carbons (Fsp3) is 0.300. The van der Waals surface area contributed by atoms with Crippen molar-refractivity contribution in [3.8, 4) is 0 Å². The van der Waals surface area contributed by atoms with Crippen LogP contribution < -0.4 is 5.73 Å². The second-order valence-electron chi connectivity index (χ2n) is 3.22. The molecule has 2 rings (SSSR count). The zero-order valence-corrected chi connectivity index (χ0v) is 6.93. The van der Waals surface area contributed by atoms with Crippen molar-refractivity contribution in [2.45, 2.75) is 19.3 Å². The van der Waals surface area contributed by atoms with Crippen LogP contribution in [0.5, 0.6) is 0 Å². The predicted molar refractivity (Wildman–Crippen MR) is 50.0 cm³/mol. The van der Waals surface area contributed by atoms with Gasteiger partial charge >= 0.3 is 0 Å². The molecule has 2 aliphatic rings. The summed E-state index contributed by atoms with van der Waals surface area (Å²) in [5, 5.41) is 7.17. The maximum Gasteiger partial charge on any atom is 0.0438 e. The Bertz CT molecular complexity index is 319. The Morgan fingerprint density at radius 1 is 1.50 bits per heavy atom. The molecule has 0 radical (unpaired) electrons. The lowest BCUT2D eigenvalue weighted by Crippen LogP contribution is -2.01. The lowest BCUT2D eigenvalue weighted by Gasteiger charge is -2.07. The van der Waals surface area contributed by atoms with Crippen molar-refractivity contribution in [2.24, 2.45) is 5.73 Å². The highest BCUT2D eigenvalue weighted by Gasteiger charge is 2.20. The van der Waals surface area contributed by atoms with E-state index in [-0.39, 0.29) is 0 Å². The van der Waals surface area contributed by atoms with Gasteiger partial charge in [-0.15, -0.1) is 0 Å². The first-order valence-electron chi connectivity index (χ1n) is 4.21. The van der Waals surface area contributed by atoms with E-state index in [1.165, 1.54) is 17.4 Å². The van der Waals surface area contributed by atoms with Crippen molar-refractivity contribution in [1.29, 1.82) is 5.41 Å². The second-order valence-corrected chi connectivity index (χ2v) is 3.22. The molecular weight excluding hydrogens is 148 g/mol. The maximum absolute atomic E-state index is 7.17. The third kappa shape index (κ3) is 0.916. The number of nitrogens with two attached hydrogens (primary N) is 1. The summed E-state index contributed by atoms with van der Waals surface area (Å²) in [4.78, 5) is 0. The molecule has 62 valence electrons. The summed E-state index contributed by atoms with van der Waals surface area (Å²) in [5.74, 6) is 0. The van der Waals surface area contributed by atoms with Crippen LogP contribution in [0, 0.1) is 5.41 Å². The zero-order valence-electron chi connectivity index (χ0n) is 6.93. The minimum absolute atomic E-state index is 0.816. The third-order valence-electron chi connectivity index (χ3n) is 2.49. The monoisotopic (exact) mass is 160 g/mol.